The molecule has 3 rings (SSSR count). The monoisotopic (exact) mass is 452 g/mol. The molecule has 2 aliphatic carbocycles. The Morgan fingerprint density at radius 3 is 2.06 bits per heavy atom. The van der Waals surface area contributed by atoms with Crippen molar-refractivity contribution in [3.05, 3.63) is 35.1 Å². The second-order valence-corrected chi connectivity index (χ2v) is 11.1. The third-order valence-electron chi connectivity index (χ3n) is 8.57. The van der Waals surface area contributed by atoms with Crippen molar-refractivity contribution in [2.45, 2.75) is 129 Å². The Bertz CT molecular complexity index is 723. The van der Waals surface area contributed by atoms with E-state index >= 15 is 0 Å². The van der Waals surface area contributed by atoms with Gasteiger partial charge in [0, 0.05) is 11.5 Å². The van der Waals surface area contributed by atoms with Gasteiger partial charge in [0.15, 0.2) is 0 Å². The van der Waals surface area contributed by atoms with E-state index < -0.39 is 0 Å². The van der Waals surface area contributed by atoms with Crippen LogP contribution in [0.3, 0.4) is 0 Å². The summed E-state index contributed by atoms with van der Waals surface area (Å²) in [6.45, 7) is 4.49. The maximum absolute atomic E-state index is 14.4. The first-order valence-electron chi connectivity index (χ1n) is 14.5. The summed E-state index contributed by atoms with van der Waals surface area (Å²) in [5.41, 5.74) is 1.70. The number of rotatable bonds is 11. The van der Waals surface area contributed by atoms with E-state index in [0.29, 0.717) is 5.92 Å². The Labute approximate surface area is 204 Å². The first kappa shape index (κ1) is 26.3. The fourth-order valence-corrected chi connectivity index (χ4v) is 6.30. The van der Waals surface area contributed by atoms with Gasteiger partial charge in [-0.25, -0.2) is 4.39 Å². The molecule has 1 heteroatoms. The number of benzene rings is 1. The van der Waals surface area contributed by atoms with Crippen LogP contribution in [-0.4, -0.2) is 0 Å². The van der Waals surface area contributed by atoms with Crippen LogP contribution in [0.25, 0.3) is 0 Å². The van der Waals surface area contributed by atoms with Crippen molar-refractivity contribution in [2.75, 3.05) is 0 Å². The normalized spacial score (nSPS) is 25.4. The van der Waals surface area contributed by atoms with Crippen LogP contribution in [0.15, 0.2) is 18.2 Å². The number of hydrogen-bond donors (Lipinski definition) is 0. The van der Waals surface area contributed by atoms with Crippen LogP contribution >= 0.6 is 0 Å². The maximum Gasteiger partial charge on any atom is 0.127 e. The van der Waals surface area contributed by atoms with Crippen LogP contribution in [0, 0.1) is 41.3 Å². The van der Waals surface area contributed by atoms with Crippen molar-refractivity contribution < 1.29 is 4.39 Å². The molecule has 184 valence electrons. The van der Waals surface area contributed by atoms with Gasteiger partial charge < -0.3 is 0 Å². The van der Waals surface area contributed by atoms with Crippen molar-refractivity contribution in [1.82, 2.24) is 0 Å². The van der Waals surface area contributed by atoms with E-state index in [1.165, 1.54) is 103 Å². The van der Waals surface area contributed by atoms with Crippen LogP contribution in [0.2, 0.25) is 0 Å². The van der Waals surface area contributed by atoms with E-state index in [9.17, 15) is 4.39 Å². The Morgan fingerprint density at radius 2 is 1.39 bits per heavy atom. The Hall–Kier alpha value is -1.29. The van der Waals surface area contributed by atoms with Crippen LogP contribution in [0.1, 0.15) is 134 Å². The molecule has 33 heavy (non-hydrogen) atoms. The molecular formula is C32H49F. The number of aryl methyl sites for hydroxylation is 1. The average molecular weight is 453 g/mol. The molecular weight excluding hydrogens is 403 g/mol. The fourth-order valence-electron chi connectivity index (χ4n) is 6.30. The highest BCUT2D eigenvalue weighted by Gasteiger charge is 2.30. The molecule has 1 aromatic carbocycles. The predicted molar refractivity (Wildman–Crippen MR) is 141 cm³/mol. The Kier molecular flexibility index (Phi) is 11.9. The number of halogens is 1. The van der Waals surface area contributed by atoms with Crippen molar-refractivity contribution in [3.63, 3.8) is 0 Å². The summed E-state index contributed by atoms with van der Waals surface area (Å²) in [6, 6.07) is 5.63. The summed E-state index contributed by atoms with van der Waals surface area (Å²) in [5, 5.41) is 0. The van der Waals surface area contributed by atoms with Crippen LogP contribution in [0.4, 0.5) is 4.39 Å². The Balaban J connectivity index is 1.35. The lowest BCUT2D eigenvalue weighted by molar-refractivity contribution is 0.153. The molecule has 0 nitrogen and oxygen atoms in total. The molecule has 0 unspecified atom stereocenters. The first-order valence-corrected chi connectivity index (χ1v) is 14.5. The van der Waals surface area contributed by atoms with E-state index in [-0.39, 0.29) is 5.82 Å². The molecule has 0 radical (unpaired) electrons. The van der Waals surface area contributed by atoms with Gasteiger partial charge in [-0.2, -0.15) is 0 Å². The quantitative estimate of drug-likeness (QED) is 0.231. The smallest absolute Gasteiger partial charge is 0.127 e. The summed E-state index contributed by atoms with van der Waals surface area (Å²) >= 11 is 0. The highest BCUT2D eigenvalue weighted by molar-refractivity contribution is 5.37. The SMILES string of the molecule is CCCCCCC[C@H]1CC[C@H]([C@H]2CC[C@H](C#Cc3ccc(CCCCC)c(F)c3)CC2)CC1. The molecule has 0 aromatic heterocycles. The summed E-state index contributed by atoms with van der Waals surface area (Å²) in [6.07, 6.45) is 24.0. The summed E-state index contributed by atoms with van der Waals surface area (Å²) < 4.78 is 14.4. The molecule has 0 atom stereocenters. The zero-order valence-corrected chi connectivity index (χ0v) is 21.6. The van der Waals surface area contributed by atoms with Crippen molar-refractivity contribution in [3.8, 4) is 11.8 Å². The van der Waals surface area contributed by atoms with E-state index in [2.05, 4.69) is 25.7 Å². The lowest BCUT2D eigenvalue weighted by Crippen LogP contribution is -2.25. The average Bonchev–Trinajstić information content (AvgIpc) is 2.85. The highest BCUT2D eigenvalue weighted by atomic mass is 19.1. The van der Waals surface area contributed by atoms with Gasteiger partial charge in [0.1, 0.15) is 5.82 Å². The predicted octanol–water partition coefficient (Wildman–Crippen LogP) is 9.88. The summed E-state index contributed by atoms with van der Waals surface area (Å²) in [5.74, 6) is 10.1. The molecule has 0 amide bonds. The third kappa shape index (κ3) is 9.11. The zero-order chi connectivity index (χ0) is 23.3. The number of hydrogen-bond acceptors (Lipinski definition) is 0. The minimum atomic E-state index is -0.0711. The van der Waals surface area contributed by atoms with Gasteiger partial charge >= 0.3 is 0 Å². The lowest BCUT2D eigenvalue weighted by Gasteiger charge is -2.37. The molecule has 0 heterocycles. The van der Waals surface area contributed by atoms with Crippen molar-refractivity contribution >= 4 is 0 Å². The minimum Gasteiger partial charge on any atom is -0.207 e. The van der Waals surface area contributed by atoms with Gasteiger partial charge in [-0.15, -0.1) is 0 Å². The van der Waals surface area contributed by atoms with Crippen LogP contribution in [0.5, 0.6) is 0 Å². The van der Waals surface area contributed by atoms with Gasteiger partial charge in [0.2, 0.25) is 0 Å². The molecule has 0 N–H and O–H groups in total. The standard InChI is InChI=1S/C32H49F/c1-3-5-7-8-10-11-26-15-20-29(21-16-26)30-22-17-27(18-23-30)13-14-28-19-24-31(32(33)25-28)12-9-6-4-2/h19,24-27,29-30H,3-12,15-18,20-23H2,1-2H3/t26-,27-,29-,30-. The molecule has 2 fully saturated rings. The molecule has 2 aliphatic rings. The first-order chi connectivity index (χ1) is 16.2. The highest BCUT2D eigenvalue weighted by Crippen LogP contribution is 2.42. The van der Waals surface area contributed by atoms with E-state index in [0.717, 1.165) is 41.7 Å². The number of unbranched alkanes of at least 4 members (excludes halogenated alkanes) is 6. The molecule has 0 bridgehead atoms. The minimum absolute atomic E-state index is 0.0711. The van der Waals surface area contributed by atoms with Crippen molar-refractivity contribution in [2.24, 2.45) is 23.7 Å². The van der Waals surface area contributed by atoms with Crippen LogP contribution in [-0.2, 0) is 6.42 Å². The van der Waals surface area contributed by atoms with E-state index in [1.54, 1.807) is 6.07 Å². The van der Waals surface area contributed by atoms with E-state index in [1.807, 2.05) is 12.1 Å². The van der Waals surface area contributed by atoms with E-state index in [4.69, 9.17) is 0 Å². The van der Waals surface area contributed by atoms with Crippen molar-refractivity contribution in [1.29, 1.82) is 0 Å². The summed E-state index contributed by atoms with van der Waals surface area (Å²) in [7, 11) is 0. The Morgan fingerprint density at radius 1 is 0.758 bits per heavy atom. The fraction of sp³-hybridized carbons (Fsp3) is 0.750. The second-order valence-electron chi connectivity index (χ2n) is 11.1. The largest absolute Gasteiger partial charge is 0.207 e. The molecule has 1 aromatic rings. The molecule has 0 aliphatic heterocycles. The summed E-state index contributed by atoms with van der Waals surface area (Å²) in [4.78, 5) is 0. The van der Waals surface area contributed by atoms with Gasteiger partial charge in [-0.3, -0.25) is 0 Å². The topological polar surface area (TPSA) is 0 Å². The molecule has 0 spiro atoms. The molecule has 2 saturated carbocycles. The second kappa shape index (κ2) is 14.9. The van der Waals surface area contributed by atoms with Gasteiger partial charge in [0.05, 0.1) is 0 Å². The maximum atomic E-state index is 14.4. The zero-order valence-electron chi connectivity index (χ0n) is 21.6. The molecule has 0 saturated heterocycles. The van der Waals surface area contributed by atoms with Gasteiger partial charge in [0.25, 0.3) is 0 Å². The van der Waals surface area contributed by atoms with Crippen LogP contribution < -0.4 is 0 Å². The van der Waals surface area contributed by atoms with Gasteiger partial charge in [-0.05, 0) is 86.8 Å². The lowest BCUT2D eigenvalue weighted by atomic mass is 9.69. The third-order valence-corrected chi connectivity index (χ3v) is 8.57. The van der Waals surface area contributed by atoms with Gasteiger partial charge in [-0.1, -0.05) is 96.0 Å².